The van der Waals surface area contributed by atoms with E-state index in [9.17, 15) is 4.79 Å². The molecule has 3 heterocycles. The molecule has 0 saturated carbocycles. The van der Waals surface area contributed by atoms with Crippen molar-refractivity contribution in [1.29, 1.82) is 0 Å². The quantitative estimate of drug-likeness (QED) is 0.789. The number of hydrogen-bond donors (Lipinski definition) is 1. The molecule has 1 aromatic carbocycles. The second kappa shape index (κ2) is 5.75. The van der Waals surface area contributed by atoms with Gasteiger partial charge in [-0.2, -0.15) is 4.37 Å². The predicted octanol–water partition coefficient (Wildman–Crippen LogP) is 3.68. The summed E-state index contributed by atoms with van der Waals surface area (Å²) in [5, 5.41) is 7.81. The maximum absolute atomic E-state index is 12.4. The van der Waals surface area contributed by atoms with E-state index >= 15 is 0 Å². The molecule has 0 aliphatic carbocycles. The van der Waals surface area contributed by atoms with Gasteiger partial charge in [0.05, 0.1) is 11.3 Å². The van der Waals surface area contributed by atoms with Gasteiger partial charge in [0, 0.05) is 41.3 Å². The van der Waals surface area contributed by atoms with Crippen LogP contribution in [0.4, 0.5) is 10.8 Å². The van der Waals surface area contributed by atoms with Crippen LogP contribution in [0.25, 0.3) is 0 Å². The van der Waals surface area contributed by atoms with E-state index in [1.807, 2.05) is 30.6 Å². The Bertz CT molecular complexity index is 857. The summed E-state index contributed by atoms with van der Waals surface area (Å²) in [6.07, 6.45) is 1.82. The van der Waals surface area contributed by atoms with E-state index in [2.05, 4.69) is 25.6 Å². The van der Waals surface area contributed by atoms with Crippen LogP contribution in [0.5, 0.6) is 0 Å². The van der Waals surface area contributed by atoms with E-state index in [1.54, 1.807) is 16.7 Å². The minimum absolute atomic E-state index is 0.0997. The number of rotatable bonds is 3. The molecule has 0 unspecified atom stereocenters. The van der Waals surface area contributed by atoms with Gasteiger partial charge in [0.25, 0.3) is 5.91 Å². The smallest absolute Gasteiger partial charge is 0.258 e. The van der Waals surface area contributed by atoms with E-state index in [-0.39, 0.29) is 5.91 Å². The molecule has 0 saturated heterocycles. The van der Waals surface area contributed by atoms with Crippen molar-refractivity contribution >= 4 is 39.6 Å². The Morgan fingerprint density at radius 1 is 1.35 bits per heavy atom. The van der Waals surface area contributed by atoms with Gasteiger partial charge in [0.15, 0.2) is 5.13 Å². The second-order valence-electron chi connectivity index (χ2n) is 5.38. The molecule has 7 heteroatoms. The Labute approximate surface area is 141 Å². The summed E-state index contributed by atoms with van der Waals surface area (Å²) in [6, 6.07) is 6.05. The molecule has 2 aromatic heterocycles. The van der Waals surface area contributed by atoms with Crippen LogP contribution in [-0.2, 0) is 13.1 Å². The average Bonchev–Trinajstić information content (AvgIpc) is 3.27. The number of benzene rings is 1. The van der Waals surface area contributed by atoms with Crippen LogP contribution in [0.3, 0.4) is 0 Å². The van der Waals surface area contributed by atoms with Crippen molar-refractivity contribution in [1.82, 2.24) is 9.36 Å². The fourth-order valence-corrected chi connectivity index (χ4v) is 4.08. The Hall–Kier alpha value is -2.25. The lowest BCUT2D eigenvalue weighted by atomic mass is 10.1. The Morgan fingerprint density at radius 2 is 2.26 bits per heavy atom. The third-order valence-electron chi connectivity index (χ3n) is 3.92. The van der Waals surface area contributed by atoms with Crippen molar-refractivity contribution in [2.45, 2.75) is 20.0 Å². The van der Waals surface area contributed by atoms with Crippen molar-refractivity contribution < 1.29 is 4.79 Å². The molecule has 0 atom stereocenters. The Morgan fingerprint density at radius 3 is 3.00 bits per heavy atom. The highest BCUT2D eigenvalue weighted by Crippen LogP contribution is 2.33. The zero-order valence-electron chi connectivity index (χ0n) is 12.4. The molecule has 0 bridgehead atoms. The predicted molar refractivity (Wildman–Crippen MR) is 93.2 cm³/mol. The highest BCUT2D eigenvalue weighted by molar-refractivity contribution is 7.13. The van der Waals surface area contributed by atoms with Gasteiger partial charge in [-0.05, 0) is 30.1 Å². The zero-order valence-corrected chi connectivity index (χ0v) is 14.1. The van der Waals surface area contributed by atoms with Crippen molar-refractivity contribution in [2.24, 2.45) is 0 Å². The summed E-state index contributed by atoms with van der Waals surface area (Å²) in [4.78, 5) is 19.0. The highest BCUT2D eigenvalue weighted by atomic mass is 32.1. The number of carbonyl (C=O) groups excluding carboxylic acids is 1. The molecule has 5 nitrogen and oxygen atoms in total. The van der Waals surface area contributed by atoms with Gasteiger partial charge in [-0.25, -0.2) is 4.98 Å². The number of amides is 1. The average molecular weight is 342 g/mol. The molecule has 0 radical (unpaired) electrons. The van der Waals surface area contributed by atoms with Crippen molar-refractivity contribution in [3.63, 3.8) is 0 Å². The molecule has 1 aliphatic rings. The summed E-state index contributed by atoms with van der Waals surface area (Å²) in [5.74, 6) is -0.0997. The van der Waals surface area contributed by atoms with Crippen LogP contribution < -0.4 is 10.2 Å². The number of nitrogens with one attached hydrogen (secondary N) is 1. The fraction of sp³-hybridized carbons (Fsp3) is 0.188. The van der Waals surface area contributed by atoms with Crippen molar-refractivity contribution in [3.8, 4) is 0 Å². The summed E-state index contributed by atoms with van der Waals surface area (Å²) in [7, 11) is 0. The zero-order chi connectivity index (χ0) is 15.8. The van der Waals surface area contributed by atoms with Gasteiger partial charge in [-0.1, -0.05) is 12.1 Å². The summed E-state index contributed by atoms with van der Waals surface area (Å²) in [5.41, 5.74) is 4.68. The van der Waals surface area contributed by atoms with E-state index in [0.29, 0.717) is 5.56 Å². The lowest BCUT2D eigenvalue weighted by Crippen LogP contribution is -2.16. The highest BCUT2D eigenvalue weighted by Gasteiger charge is 2.24. The first-order chi connectivity index (χ1) is 11.2. The Kier molecular flexibility index (Phi) is 3.59. The first kappa shape index (κ1) is 14.3. The molecular formula is C16H14N4OS2. The van der Waals surface area contributed by atoms with Crippen LogP contribution in [0.2, 0.25) is 0 Å². The molecular weight excluding hydrogens is 328 g/mol. The minimum Gasteiger partial charge on any atom is -0.339 e. The maximum atomic E-state index is 12.4. The minimum atomic E-state index is -0.0997. The first-order valence-corrected chi connectivity index (χ1v) is 8.91. The van der Waals surface area contributed by atoms with Crippen molar-refractivity contribution in [2.75, 3.05) is 10.2 Å². The molecule has 4 rings (SSSR count). The lowest BCUT2D eigenvalue weighted by molar-refractivity contribution is 0.102. The fourth-order valence-electron chi connectivity index (χ4n) is 2.75. The van der Waals surface area contributed by atoms with Crippen LogP contribution in [0, 0.1) is 6.92 Å². The number of aryl methyl sites for hydroxylation is 1. The third kappa shape index (κ3) is 2.62. The monoisotopic (exact) mass is 342 g/mol. The number of aromatic nitrogens is 2. The van der Waals surface area contributed by atoms with Gasteiger partial charge < -0.3 is 10.2 Å². The van der Waals surface area contributed by atoms with Crippen LogP contribution in [-0.4, -0.2) is 15.3 Å². The van der Waals surface area contributed by atoms with Gasteiger partial charge >= 0.3 is 0 Å². The normalized spacial score (nSPS) is 13.2. The molecule has 0 fully saturated rings. The van der Waals surface area contributed by atoms with Crippen LogP contribution in [0.15, 0.2) is 35.2 Å². The number of anilines is 2. The number of nitrogens with zero attached hydrogens (tertiary/aromatic N) is 3. The topological polar surface area (TPSA) is 58.1 Å². The van der Waals surface area contributed by atoms with E-state index in [1.165, 1.54) is 17.1 Å². The van der Waals surface area contributed by atoms with Gasteiger partial charge in [0.2, 0.25) is 0 Å². The molecule has 1 N–H and O–H groups in total. The number of carbonyl (C=O) groups is 1. The number of hydrogen-bond acceptors (Lipinski definition) is 6. The summed E-state index contributed by atoms with van der Waals surface area (Å²) < 4.78 is 4.16. The third-order valence-corrected chi connectivity index (χ3v) is 5.47. The summed E-state index contributed by atoms with van der Waals surface area (Å²) >= 11 is 2.93. The molecule has 0 spiro atoms. The molecule has 1 aliphatic heterocycles. The van der Waals surface area contributed by atoms with Crippen LogP contribution in [0.1, 0.15) is 27.2 Å². The first-order valence-electron chi connectivity index (χ1n) is 7.20. The summed E-state index contributed by atoms with van der Waals surface area (Å²) in [6.45, 7) is 3.44. The maximum Gasteiger partial charge on any atom is 0.258 e. The molecule has 1 amide bonds. The van der Waals surface area contributed by atoms with Crippen LogP contribution >= 0.6 is 22.9 Å². The van der Waals surface area contributed by atoms with Gasteiger partial charge in [0.1, 0.15) is 0 Å². The molecule has 23 heavy (non-hydrogen) atoms. The standard InChI is InChI=1S/C16H14N4OS2/c1-10-13(9-23-19-10)15(21)18-14-4-2-3-11-7-20(8-12(11)14)16-17-5-6-22-16/h2-6,9H,7-8H2,1H3,(H,18,21). The van der Waals surface area contributed by atoms with Gasteiger partial charge in [-0.3, -0.25) is 4.79 Å². The van der Waals surface area contributed by atoms with Crippen molar-refractivity contribution in [3.05, 3.63) is 57.5 Å². The second-order valence-corrected chi connectivity index (χ2v) is 6.88. The largest absolute Gasteiger partial charge is 0.339 e. The number of thiazole rings is 1. The lowest BCUT2D eigenvalue weighted by Gasteiger charge is -2.13. The SMILES string of the molecule is Cc1nscc1C(=O)Nc1cccc2c1CN(c1nccs1)C2. The Balaban J connectivity index is 1.60. The van der Waals surface area contributed by atoms with Gasteiger partial charge in [-0.15, -0.1) is 11.3 Å². The molecule has 116 valence electrons. The van der Waals surface area contributed by atoms with E-state index < -0.39 is 0 Å². The molecule has 3 aromatic rings. The number of fused-ring (bicyclic) bond motifs is 1. The van der Waals surface area contributed by atoms with E-state index in [4.69, 9.17) is 0 Å². The van der Waals surface area contributed by atoms with E-state index in [0.717, 1.165) is 35.2 Å².